The fourth-order valence-corrected chi connectivity index (χ4v) is 1.24. The second-order valence-corrected chi connectivity index (χ2v) is 3.61. The van der Waals surface area contributed by atoms with Gasteiger partial charge in [0, 0.05) is 5.69 Å². The van der Waals surface area contributed by atoms with Crippen LogP contribution in [0, 0.1) is 5.41 Å². The van der Waals surface area contributed by atoms with Crippen LogP contribution in [-0.2, 0) is 4.74 Å². The van der Waals surface area contributed by atoms with E-state index in [1.165, 1.54) is 0 Å². The molecule has 4 N–H and O–H groups in total. The van der Waals surface area contributed by atoms with E-state index in [2.05, 4.69) is 5.32 Å². The number of rotatable bonds is 5. The maximum Gasteiger partial charge on any atom is 0.338 e. The van der Waals surface area contributed by atoms with Crippen molar-refractivity contribution in [3.05, 3.63) is 29.8 Å². The van der Waals surface area contributed by atoms with E-state index in [0.29, 0.717) is 17.9 Å². The molecule has 0 amide bonds. The monoisotopic (exact) mass is 235 g/mol. The molecule has 0 aliphatic carbocycles. The summed E-state index contributed by atoms with van der Waals surface area (Å²) < 4.78 is 5.06. The molecule has 0 saturated carbocycles. The van der Waals surface area contributed by atoms with E-state index >= 15 is 0 Å². The maximum absolute atomic E-state index is 11.5. The van der Waals surface area contributed by atoms with Crippen molar-refractivity contribution in [2.75, 3.05) is 11.9 Å². The van der Waals surface area contributed by atoms with E-state index in [-0.39, 0.29) is 11.9 Å². The lowest BCUT2D eigenvalue weighted by Crippen LogP contribution is -2.20. The van der Waals surface area contributed by atoms with Crippen molar-refractivity contribution in [2.24, 2.45) is 5.73 Å². The average molecular weight is 235 g/mol. The minimum Gasteiger partial charge on any atom is -0.462 e. The molecule has 17 heavy (non-hydrogen) atoms. The van der Waals surface area contributed by atoms with Crippen molar-refractivity contribution in [3.8, 4) is 0 Å². The second-order valence-electron chi connectivity index (χ2n) is 3.61. The van der Waals surface area contributed by atoms with Gasteiger partial charge in [-0.3, -0.25) is 5.41 Å². The van der Waals surface area contributed by atoms with Gasteiger partial charge in [0.15, 0.2) is 5.96 Å². The van der Waals surface area contributed by atoms with Gasteiger partial charge < -0.3 is 15.8 Å². The smallest absolute Gasteiger partial charge is 0.338 e. The zero-order chi connectivity index (χ0) is 12.7. The number of hydrogen-bond acceptors (Lipinski definition) is 3. The quantitative estimate of drug-likeness (QED) is 0.315. The molecule has 0 aliphatic heterocycles. The number of nitrogens with two attached hydrogens (primary N) is 1. The third kappa shape index (κ3) is 4.55. The zero-order valence-corrected chi connectivity index (χ0v) is 9.82. The lowest BCUT2D eigenvalue weighted by molar-refractivity contribution is 0.0500. The standard InChI is InChI=1S/C12H17N3O2/c1-2-3-8-17-11(16)9-4-6-10(7-5-9)15-12(13)14/h4-7H,2-3,8H2,1H3,(H4,13,14,15). The highest BCUT2D eigenvalue weighted by atomic mass is 16.5. The van der Waals surface area contributed by atoms with E-state index in [9.17, 15) is 4.79 Å². The normalized spacial score (nSPS) is 9.71. The second kappa shape index (κ2) is 6.52. The Bertz CT molecular complexity index is 387. The molecule has 0 spiro atoms. The Morgan fingerprint density at radius 2 is 2.06 bits per heavy atom. The summed E-state index contributed by atoms with van der Waals surface area (Å²) in [6.45, 7) is 2.48. The fourth-order valence-electron chi connectivity index (χ4n) is 1.24. The van der Waals surface area contributed by atoms with Crippen LogP contribution in [0.4, 0.5) is 5.69 Å². The third-order valence-corrected chi connectivity index (χ3v) is 2.13. The number of carbonyl (C=O) groups excluding carboxylic acids is 1. The van der Waals surface area contributed by atoms with Gasteiger partial charge in [0.25, 0.3) is 0 Å². The molecule has 0 heterocycles. The molecule has 0 aromatic heterocycles. The first kappa shape index (κ1) is 13.0. The highest BCUT2D eigenvalue weighted by Crippen LogP contribution is 2.10. The molecule has 1 aromatic carbocycles. The van der Waals surface area contributed by atoms with Crippen molar-refractivity contribution in [3.63, 3.8) is 0 Å². The molecule has 0 aliphatic rings. The van der Waals surface area contributed by atoms with Crippen molar-refractivity contribution in [2.45, 2.75) is 19.8 Å². The van der Waals surface area contributed by atoms with E-state index in [4.69, 9.17) is 15.9 Å². The highest BCUT2D eigenvalue weighted by molar-refractivity contribution is 5.92. The summed E-state index contributed by atoms with van der Waals surface area (Å²) in [4.78, 5) is 11.5. The number of hydrogen-bond donors (Lipinski definition) is 3. The summed E-state index contributed by atoms with van der Waals surface area (Å²) >= 11 is 0. The van der Waals surface area contributed by atoms with E-state index in [0.717, 1.165) is 12.8 Å². The number of unbranched alkanes of at least 4 members (excludes halogenated alkanes) is 1. The van der Waals surface area contributed by atoms with Gasteiger partial charge in [0.1, 0.15) is 0 Å². The summed E-state index contributed by atoms with van der Waals surface area (Å²) in [5, 5.41) is 9.69. The summed E-state index contributed by atoms with van der Waals surface area (Å²) in [6, 6.07) is 6.63. The van der Waals surface area contributed by atoms with Crippen molar-refractivity contribution < 1.29 is 9.53 Å². The van der Waals surface area contributed by atoms with Crippen LogP contribution in [0.5, 0.6) is 0 Å². The van der Waals surface area contributed by atoms with Crippen LogP contribution in [0.2, 0.25) is 0 Å². The minimum atomic E-state index is -0.326. The number of benzene rings is 1. The van der Waals surface area contributed by atoms with Crippen LogP contribution in [0.25, 0.3) is 0 Å². The summed E-state index contributed by atoms with van der Waals surface area (Å²) in [5.41, 5.74) is 6.35. The first-order valence-corrected chi connectivity index (χ1v) is 5.51. The predicted octanol–water partition coefficient (Wildman–Crippen LogP) is 1.95. The summed E-state index contributed by atoms with van der Waals surface area (Å²) in [5.74, 6) is -0.462. The minimum absolute atomic E-state index is 0.136. The van der Waals surface area contributed by atoms with Gasteiger partial charge in [-0.15, -0.1) is 0 Å². The van der Waals surface area contributed by atoms with Gasteiger partial charge in [-0.2, -0.15) is 0 Å². The maximum atomic E-state index is 11.5. The van der Waals surface area contributed by atoms with E-state index < -0.39 is 0 Å². The summed E-state index contributed by atoms with van der Waals surface area (Å²) in [7, 11) is 0. The Labute approximate surface area is 100 Å². The van der Waals surface area contributed by atoms with Crippen molar-refractivity contribution >= 4 is 17.6 Å². The number of carbonyl (C=O) groups is 1. The molecule has 0 radical (unpaired) electrons. The Kier molecular flexibility index (Phi) is 5.00. The van der Waals surface area contributed by atoms with Crippen LogP contribution in [0.1, 0.15) is 30.1 Å². The largest absolute Gasteiger partial charge is 0.462 e. The van der Waals surface area contributed by atoms with Gasteiger partial charge >= 0.3 is 5.97 Å². The molecule has 5 heteroatoms. The molecule has 0 unspecified atom stereocenters. The van der Waals surface area contributed by atoms with Gasteiger partial charge in [-0.1, -0.05) is 13.3 Å². The first-order valence-electron chi connectivity index (χ1n) is 5.51. The van der Waals surface area contributed by atoms with Gasteiger partial charge in [0.2, 0.25) is 0 Å². The molecule has 0 bridgehead atoms. The van der Waals surface area contributed by atoms with Crippen LogP contribution in [0.3, 0.4) is 0 Å². The first-order chi connectivity index (χ1) is 8.13. The average Bonchev–Trinajstić information content (AvgIpc) is 2.29. The van der Waals surface area contributed by atoms with Crippen LogP contribution >= 0.6 is 0 Å². The Balaban J connectivity index is 2.54. The van der Waals surface area contributed by atoms with E-state index in [1.807, 2.05) is 6.92 Å². The van der Waals surface area contributed by atoms with Crippen LogP contribution in [-0.4, -0.2) is 18.5 Å². The van der Waals surface area contributed by atoms with Gasteiger partial charge in [0.05, 0.1) is 12.2 Å². The number of esters is 1. The number of nitrogens with one attached hydrogen (secondary N) is 2. The summed E-state index contributed by atoms with van der Waals surface area (Å²) in [6.07, 6.45) is 1.87. The number of guanidine groups is 1. The predicted molar refractivity (Wildman–Crippen MR) is 67.2 cm³/mol. The molecular formula is C12H17N3O2. The highest BCUT2D eigenvalue weighted by Gasteiger charge is 2.06. The Morgan fingerprint density at radius 1 is 1.41 bits per heavy atom. The van der Waals surface area contributed by atoms with Crippen LogP contribution in [0.15, 0.2) is 24.3 Å². The SMILES string of the molecule is CCCCOC(=O)c1ccc(NC(=N)N)cc1. The molecule has 1 aromatic rings. The third-order valence-electron chi connectivity index (χ3n) is 2.13. The van der Waals surface area contributed by atoms with Gasteiger partial charge in [-0.25, -0.2) is 4.79 Å². The molecule has 0 fully saturated rings. The van der Waals surface area contributed by atoms with Gasteiger partial charge in [-0.05, 0) is 30.7 Å². The van der Waals surface area contributed by atoms with Crippen LogP contribution < -0.4 is 11.1 Å². The zero-order valence-electron chi connectivity index (χ0n) is 9.82. The lowest BCUT2D eigenvalue weighted by atomic mass is 10.2. The topological polar surface area (TPSA) is 88.2 Å². The molecule has 0 saturated heterocycles. The van der Waals surface area contributed by atoms with Crippen molar-refractivity contribution in [1.29, 1.82) is 5.41 Å². The molecule has 5 nitrogen and oxygen atoms in total. The molecular weight excluding hydrogens is 218 g/mol. The molecule has 92 valence electrons. The molecule has 1 rings (SSSR count). The van der Waals surface area contributed by atoms with Crippen molar-refractivity contribution in [1.82, 2.24) is 0 Å². The molecule has 0 atom stereocenters. The Hall–Kier alpha value is -2.04. The van der Waals surface area contributed by atoms with E-state index in [1.54, 1.807) is 24.3 Å². The number of ether oxygens (including phenoxy) is 1. The number of anilines is 1. The Morgan fingerprint density at radius 3 is 2.59 bits per heavy atom. The lowest BCUT2D eigenvalue weighted by Gasteiger charge is -2.06. The fraction of sp³-hybridized carbons (Fsp3) is 0.333.